The van der Waals surface area contributed by atoms with Crippen LogP contribution in [0.3, 0.4) is 0 Å². The standard InChI is InChI=1S/C30H29ClFN7O4/c1-6-23(41)36-13-20-29(42)35(5)27-26(37(20)12-16(36)4)17-10-18(31)25(24-19(32)8-7-9-21(24)40)34-28(17)39(30(27)43)22-11-33-14-38(22)15(2)3/h6-11,14-16,20,40H,1,12-13H2,2-5H3/t16-,20-/m1/s1. The molecule has 0 radical (unpaired) electrons. The number of phenolic OH excluding ortho intramolecular Hbond substituents is 1. The van der Waals surface area contributed by atoms with Crippen LogP contribution in [0.1, 0.15) is 26.8 Å². The first-order valence-corrected chi connectivity index (χ1v) is 14.1. The topological polar surface area (TPSA) is 117 Å². The summed E-state index contributed by atoms with van der Waals surface area (Å²) >= 11 is 6.77. The Kier molecular flexibility index (Phi) is 6.76. The molecule has 43 heavy (non-hydrogen) atoms. The highest BCUT2D eigenvalue weighted by Gasteiger charge is 2.46. The lowest BCUT2D eigenvalue weighted by Gasteiger charge is -2.49. The zero-order valence-corrected chi connectivity index (χ0v) is 24.7. The third-order valence-corrected chi connectivity index (χ3v) is 8.44. The van der Waals surface area contributed by atoms with Crippen LogP contribution >= 0.6 is 11.6 Å². The third kappa shape index (κ3) is 4.19. The molecule has 2 amide bonds. The summed E-state index contributed by atoms with van der Waals surface area (Å²) in [6.07, 6.45) is 4.31. The molecule has 5 heterocycles. The Labute approximate surface area is 251 Å². The number of fused-ring (bicyclic) bond motifs is 5. The maximum absolute atomic E-state index is 15.1. The van der Waals surface area contributed by atoms with Gasteiger partial charge in [-0.15, -0.1) is 0 Å². The molecule has 2 atom stereocenters. The number of amides is 2. The van der Waals surface area contributed by atoms with Gasteiger partial charge < -0.3 is 24.4 Å². The van der Waals surface area contributed by atoms with Crippen LogP contribution < -0.4 is 15.4 Å². The molecule has 1 N–H and O–H groups in total. The highest BCUT2D eigenvalue weighted by Crippen LogP contribution is 2.44. The highest BCUT2D eigenvalue weighted by atomic mass is 35.5. The number of rotatable bonds is 4. The summed E-state index contributed by atoms with van der Waals surface area (Å²) in [4.78, 5) is 54.6. The number of phenols is 1. The van der Waals surface area contributed by atoms with E-state index in [-0.39, 0.29) is 70.4 Å². The van der Waals surface area contributed by atoms with E-state index in [2.05, 4.69) is 11.6 Å². The number of aromatic nitrogens is 4. The van der Waals surface area contributed by atoms with Crippen LogP contribution in [0.4, 0.5) is 15.8 Å². The van der Waals surface area contributed by atoms with Gasteiger partial charge in [0.1, 0.15) is 29.1 Å². The minimum Gasteiger partial charge on any atom is -0.507 e. The largest absolute Gasteiger partial charge is 0.507 e. The Morgan fingerprint density at radius 2 is 1.98 bits per heavy atom. The molecular weight excluding hydrogens is 577 g/mol. The van der Waals surface area contributed by atoms with Gasteiger partial charge in [0.15, 0.2) is 5.65 Å². The number of halogens is 2. The molecule has 6 rings (SSSR count). The lowest BCUT2D eigenvalue weighted by Crippen LogP contribution is -2.66. The number of benzene rings is 1. The summed E-state index contributed by atoms with van der Waals surface area (Å²) in [5.74, 6) is -1.38. The predicted octanol–water partition coefficient (Wildman–Crippen LogP) is 3.90. The maximum atomic E-state index is 15.1. The van der Waals surface area contributed by atoms with Gasteiger partial charge >= 0.3 is 0 Å². The van der Waals surface area contributed by atoms with Crippen LogP contribution in [-0.4, -0.2) is 73.1 Å². The fourth-order valence-corrected chi connectivity index (χ4v) is 6.29. The molecule has 0 saturated carbocycles. The molecular formula is C30H29ClFN7O4. The van der Waals surface area contributed by atoms with Crippen molar-refractivity contribution in [3.05, 3.63) is 70.6 Å². The fourth-order valence-electron chi connectivity index (χ4n) is 6.04. The highest BCUT2D eigenvalue weighted by molar-refractivity contribution is 6.34. The second-order valence-electron chi connectivity index (χ2n) is 11.0. The summed E-state index contributed by atoms with van der Waals surface area (Å²) in [7, 11) is 1.52. The molecule has 11 nitrogen and oxygen atoms in total. The van der Waals surface area contributed by atoms with Crippen molar-refractivity contribution in [1.82, 2.24) is 24.0 Å². The van der Waals surface area contributed by atoms with Gasteiger partial charge in [-0.3, -0.25) is 14.4 Å². The van der Waals surface area contributed by atoms with Gasteiger partial charge in [0.25, 0.3) is 11.5 Å². The van der Waals surface area contributed by atoms with Crippen LogP contribution in [0.25, 0.3) is 28.1 Å². The number of hydrogen-bond acceptors (Lipinski definition) is 7. The summed E-state index contributed by atoms with van der Waals surface area (Å²) < 4.78 is 18.2. The predicted molar refractivity (Wildman–Crippen MR) is 161 cm³/mol. The van der Waals surface area contributed by atoms with Crippen molar-refractivity contribution in [2.75, 3.05) is 29.9 Å². The number of anilines is 2. The molecule has 0 spiro atoms. The monoisotopic (exact) mass is 605 g/mol. The summed E-state index contributed by atoms with van der Waals surface area (Å²) in [5.41, 5.74) is -0.142. The summed E-state index contributed by atoms with van der Waals surface area (Å²) in [6, 6.07) is 4.24. The molecule has 3 aromatic heterocycles. The second-order valence-corrected chi connectivity index (χ2v) is 11.4. The number of aromatic hydroxyl groups is 1. The lowest BCUT2D eigenvalue weighted by atomic mass is 9.98. The molecule has 0 bridgehead atoms. The minimum absolute atomic E-state index is 0.0299. The molecule has 13 heteroatoms. The first kappa shape index (κ1) is 28.4. The van der Waals surface area contributed by atoms with E-state index in [1.54, 1.807) is 21.9 Å². The Bertz CT molecular complexity index is 1880. The van der Waals surface area contributed by atoms with E-state index in [4.69, 9.17) is 16.6 Å². The molecule has 0 unspecified atom stereocenters. The van der Waals surface area contributed by atoms with Crippen molar-refractivity contribution in [2.45, 2.75) is 38.9 Å². The number of hydrogen-bond donors (Lipinski definition) is 1. The Hall–Kier alpha value is -4.71. The van der Waals surface area contributed by atoms with E-state index in [0.717, 1.165) is 0 Å². The summed E-state index contributed by atoms with van der Waals surface area (Å²) in [6.45, 7) is 9.62. The first-order valence-electron chi connectivity index (χ1n) is 13.7. The summed E-state index contributed by atoms with van der Waals surface area (Å²) in [5, 5.41) is 11.0. The van der Waals surface area contributed by atoms with Crippen molar-refractivity contribution in [3.8, 4) is 22.8 Å². The second kappa shape index (κ2) is 10.2. The third-order valence-electron chi connectivity index (χ3n) is 8.15. The number of nitrogens with zero attached hydrogens (tertiary/aromatic N) is 7. The molecule has 1 fully saturated rings. The van der Waals surface area contributed by atoms with Gasteiger partial charge in [0.2, 0.25) is 5.91 Å². The Morgan fingerprint density at radius 3 is 2.65 bits per heavy atom. The number of imidazole rings is 1. The number of piperazine rings is 1. The van der Waals surface area contributed by atoms with Crippen molar-refractivity contribution < 1.29 is 19.1 Å². The number of pyridine rings is 2. The van der Waals surface area contributed by atoms with Crippen molar-refractivity contribution >= 4 is 45.8 Å². The Balaban J connectivity index is 1.72. The van der Waals surface area contributed by atoms with Crippen LogP contribution in [0, 0.1) is 5.82 Å². The van der Waals surface area contributed by atoms with Crippen LogP contribution in [0.15, 0.2) is 54.2 Å². The normalized spacial score (nSPS) is 18.3. The first-order chi connectivity index (χ1) is 20.5. The maximum Gasteiger partial charge on any atom is 0.284 e. The molecule has 0 aliphatic carbocycles. The van der Waals surface area contributed by atoms with Gasteiger partial charge in [-0.2, -0.15) is 0 Å². The van der Waals surface area contributed by atoms with Gasteiger partial charge in [-0.1, -0.05) is 24.2 Å². The van der Waals surface area contributed by atoms with Gasteiger partial charge in [-0.25, -0.2) is 18.9 Å². The van der Waals surface area contributed by atoms with Gasteiger partial charge in [-0.05, 0) is 45.0 Å². The average molecular weight is 606 g/mol. The van der Waals surface area contributed by atoms with E-state index in [1.165, 1.54) is 47.0 Å². The molecule has 2 aliphatic rings. The molecule has 1 aromatic carbocycles. The number of carbonyl (C=O) groups is 2. The van der Waals surface area contributed by atoms with Crippen molar-refractivity contribution in [2.24, 2.45) is 0 Å². The quantitative estimate of drug-likeness (QED) is 0.351. The van der Waals surface area contributed by atoms with Crippen molar-refractivity contribution in [1.29, 1.82) is 0 Å². The molecule has 222 valence electrons. The number of carbonyl (C=O) groups excluding carboxylic acids is 2. The minimum atomic E-state index is -0.786. The van der Waals surface area contributed by atoms with Crippen LogP contribution in [0.2, 0.25) is 5.02 Å². The van der Waals surface area contributed by atoms with E-state index in [9.17, 15) is 19.5 Å². The average Bonchev–Trinajstić information content (AvgIpc) is 3.45. The van der Waals surface area contributed by atoms with Crippen molar-refractivity contribution in [3.63, 3.8) is 0 Å². The fraction of sp³-hybridized carbons (Fsp3) is 0.300. The van der Waals surface area contributed by atoms with E-state index < -0.39 is 17.4 Å². The molecule has 1 saturated heterocycles. The van der Waals surface area contributed by atoms with Gasteiger partial charge in [0.05, 0.1) is 41.0 Å². The van der Waals surface area contributed by atoms with Crippen LogP contribution in [-0.2, 0) is 9.59 Å². The lowest BCUT2D eigenvalue weighted by molar-refractivity contribution is -0.130. The van der Waals surface area contributed by atoms with E-state index in [1.807, 2.05) is 25.7 Å². The van der Waals surface area contributed by atoms with E-state index >= 15 is 4.39 Å². The number of likely N-dealkylation sites (N-methyl/N-ethyl adjacent to an activating group) is 1. The molecule has 2 aliphatic heterocycles. The smallest absolute Gasteiger partial charge is 0.284 e. The zero-order chi connectivity index (χ0) is 30.9. The van der Waals surface area contributed by atoms with Gasteiger partial charge in [0, 0.05) is 31.1 Å². The van der Waals surface area contributed by atoms with Crippen LogP contribution in [0.5, 0.6) is 5.75 Å². The van der Waals surface area contributed by atoms with E-state index in [0.29, 0.717) is 16.9 Å². The SMILES string of the molecule is C=CC(=O)N1C[C@@H]2C(=O)N(C)c3c(c4cc(Cl)c(-c5c(O)cccc5F)nc4n(-c4cncn4C(C)C)c3=O)N2C[C@H]1C. The Morgan fingerprint density at radius 1 is 1.23 bits per heavy atom. The zero-order valence-electron chi connectivity index (χ0n) is 24.0. The molecule has 4 aromatic rings.